The highest BCUT2D eigenvalue weighted by Crippen LogP contribution is 2.27. The molecule has 0 fully saturated rings. The molecule has 0 saturated carbocycles. The number of rotatable bonds is 3. The maximum absolute atomic E-state index is 6.06. The molecule has 0 bridgehead atoms. The highest BCUT2D eigenvalue weighted by molar-refractivity contribution is 6.20. The lowest BCUT2D eigenvalue weighted by atomic mass is 10.1. The molecule has 1 unspecified atom stereocenters. The minimum absolute atomic E-state index is 0.106. The van der Waals surface area contributed by atoms with Crippen LogP contribution in [0, 0.1) is 5.92 Å². The summed E-state index contributed by atoms with van der Waals surface area (Å²) in [5, 5.41) is -0.106. The van der Waals surface area contributed by atoms with E-state index in [2.05, 4.69) is 4.98 Å². The second-order valence-corrected chi connectivity index (χ2v) is 3.65. The van der Waals surface area contributed by atoms with Crippen LogP contribution in [0.15, 0.2) is 10.7 Å². The molecule has 0 spiro atoms. The van der Waals surface area contributed by atoms with Crippen molar-refractivity contribution in [2.45, 2.75) is 32.6 Å². The van der Waals surface area contributed by atoms with Gasteiger partial charge in [0.05, 0.1) is 5.69 Å². The lowest BCUT2D eigenvalue weighted by Gasteiger charge is -2.07. The topological polar surface area (TPSA) is 26.0 Å². The van der Waals surface area contributed by atoms with Gasteiger partial charge in [-0.15, -0.1) is 11.6 Å². The predicted molar refractivity (Wildman–Crippen MR) is 49.3 cm³/mol. The Labute approximate surface area is 77.9 Å². The Hall–Kier alpha value is -0.500. The summed E-state index contributed by atoms with van der Waals surface area (Å²) in [6.45, 7) is 6.14. The molecule has 3 heteroatoms. The van der Waals surface area contributed by atoms with E-state index in [0.717, 1.165) is 12.1 Å². The van der Waals surface area contributed by atoms with Gasteiger partial charge in [0, 0.05) is 0 Å². The summed E-state index contributed by atoms with van der Waals surface area (Å²) >= 11 is 6.06. The quantitative estimate of drug-likeness (QED) is 0.680. The van der Waals surface area contributed by atoms with E-state index in [1.54, 1.807) is 6.26 Å². The SMILES string of the molecule is CCc1coc(C(Cl)C(C)C)n1. The van der Waals surface area contributed by atoms with Gasteiger partial charge < -0.3 is 4.42 Å². The first-order valence-corrected chi connectivity index (χ1v) is 4.67. The second kappa shape index (κ2) is 3.94. The fourth-order valence-electron chi connectivity index (χ4n) is 0.897. The summed E-state index contributed by atoms with van der Waals surface area (Å²) in [4.78, 5) is 4.25. The van der Waals surface area contributed by atoms with E-state index < -0.39 is 0 Å². The van der Waals surface area contributed by atoms with E-state index in [9.17, 15) is 0 Å². The molecular weight excluding hydrogens is 174 g/mol. The highest BCUT2D eigenvalue weighted by Gasteiger charge is 2.17. The molecule has 0 aliphatic carbocycles. The molecule has 0 aliphatic heterocycles. The van der Waals surface area contributed by atoms with Crippen LogP contribution in [-0.4, -0.2) is 4.98 Å². The Morgan fingerprint density at radius 2 is 2.25 bits per heavy atom. The molecule has 12 heavy (non-hydrogen) atoms. The second-order valence-electron chi connectivity index (χ2n) is 3.18. The lowest BCUT2D eigenvalue weighted by molar-refractivity contribution is 0.446. The number of alkyl halides is 1. The number of hydrogen-bond acceptors (Lipinski definition) is 2. The van der Waals surface area contributed by atoms with Crippen molar-refractivity contribution >= 4 is 11.6 Å². The van der Waals surface area contributed by atoms with Gasteiger partial charge in [0.25, 0.3) is 0 Å². The maximum atomic E-state index is 6.06. The molecule has 0 amide bonds. The summed E-state index contributed by atoms with van der Waals surface area (Å²) in [5.74, 6) is 0.999. The van der Waals surface area contributed by atoms with E-state index in [1.807, 2.05) is 20.8 Å². The van der Waals surface area contributed by atoms with Crippen LogP contribution >= 0.6 is 11.6 Å². The van der Waals surface area contributed by atoms with Gasteiger partial charge in [0.15, 0.2) is 0 Å². The molecule has 0 radical (unpaired) electrons. The molecule has 1 atom stereocenters. The zero-order valence-electron chi connectivity index (χ0n) is 7.67. The third-order valence-electron chi connectivity index (χ3n) is 1.75. The van der Waals surface area contributed by atoms with Crippen LogP contribution in [0.25, 0.3) is 0 Å². The number of hydrogen-bond donors (Lipinski definition) is 0. The van der Waals surface area contributed by atoms with E-state index in [4.69, 9.17) is 16.0 Å². The molecular formula is C9H14ClNO. The minimum Gasteiger partial charge on any atom is -0.447 e. The van der Waals surface area contributed by atoms with Crippen LogP contribution in [0.4, 0.5) is 0 Å². The van der Waals surface area contributed by atoms with Gasteiger partial charge in [-0.2, -0.15) is 0 Å². The maximum Gasteiger partial charge on any atom is 0.212 e. The monoisotopic (exact) mass is 187 g/mol. The first-order valence-electron chi connectivity index (χ1n) is 4.23. The van der Waals surface area contributed by atoms with Gasteiger partial charge in [-0.25, -0.2) is 4.98 Å². The van der Waals surface area contributed by atoms with Crippen molar-refractivity contribution in [3.63, 3.8) is 0 Å². The number of oxazole rings is 1. The highest BCUT2D eigenvalue weighted by atomic mass is 35.5. The van der Waals surface area contributed by atoms with Crippen molar-refractivity contribution in [2.24, 2.45) is 5.92 Å². The Bertz CT molecular complexity index is 244. The van der Waals surface area contributed by atoms with Gasteiger partial charge in [-0.1, -0.05) is 20.8 Å². The first kappa shape index (κ1) is 9.59. The number of aryl methyl sites for hydroxylation is 1. The van der Waals surface area contributed by atoms with Crippen LogP contribution in [0.2, 0.25) is 0 Å². The lowest BCUT2D eigenvalue weighted by Crippen LogP contribution is -1.99. The summed E-state index contributed by atoms with van der Waals surface area (Å²) < 4.78 is 5.24. The molecule has 0 N–H and O–H groups in total. The molecule has 0 saturated heterocycles. The summed E-state index contributed by atoms with van der Waals surface area (Å²) in [7, 11) is 0. The largest absolute Gasteiger partial charge is 0.447 e. The Morgan fingerprint density at radius 3 is 2.67 bits per heavy atom. The number of aromatic nitrogens is 1. The normalized spacial score (nSPS) is 13.8. The fourth-order valence-corrected chi connectivity index (χ4v) is 0.997. The Balaban J connectivity index is 2.74. The average molecular weight is 188 g/mol. The molecule has 0 aromatic carbocycles. The van der Waals surface area contributed by atoms with E-state index >= 15 is 0 Å². The van der Waals surface area contributed by atoms with Crippen molar-refractivity contribution < 1.29 is 4.42 Å². The van der Waals surface area contributed by atoms with E-state index in [1.165, 1.54) is 0 Å². The number of nitrogens with zero attached hydrogens (tertiary/aromatic N) is 1. The summed E-state index contributed by atoms with van der Waals surface area (Å²) in [6, 6.07) is 0. The molecule has 2 nitrogen and oxygen atoms in total. The fraction of sp³-hybridized carbons (Fsp3) is 0.667. The molecule has 0 aliphatic rings. The van der Waals surface area contributed by atoms with E-state index in [0.29, 0.717) is 11.8 Å². The number of halogens is 1. The standard InChI is InChI=1S/C9H14ClNO/c1-4-7-5-12-9(11-7)8(10)6(2)3/h5-6,8H,4H2,1-3H3. The van der Waals surface area contributed by atoms with Crippen molar-refractivity contribution in [3.05, 3.63) is 17.8 Å². The predicted octanol–water partition coefficient (Wildman–Crippen LogP) is 3.17. The zero-order chi connectivity index (χ0) is 9.14. The van der Waals surface area contributed by atoms with Gasteiger partial charge in [-0.3, -0.25) is 0 Å². The average Bonchev–Trinajstić information content (AvgIpc) is 2.50. The Kier molecular flexibility index (Phi) is 3.15. The van der Waals surface area contributed by atoms with Gasteiger partial charge in [-0.05, 0) is 12.3 Å². The Morgan fingerprint density at radius 1 is 1.58 bits per heavy atom. The summed E-state index contributed by atoms with van der Waals surface area (Å²) in [6.07, 6.45) is 2.57. The van der Waals surface area contributed by atoms with Crippen molar-refractivity contribution in [1.82, 2.24) is 4.98 Å². The summed E-state index contributed by atoms with van der Waals surface area (Å²) in [5.41, 5.74) is 0.969. The third-order valence-corrected chi connectivity index (χ3v) is 2.44. The van der Waals surface area contributed by atoms with Crippen LogP contribution in [0.5, 0.6) is 0 Å². The zero-order valence-corrected chi connectivity index (χ0v) is 8.43. The minimum atomic E-state index is -0.106. The molecule has 1 aromatic rings. The molecule has 1 heterocycles. The van der Waals surface area contributed by atoms with Crippen LogP contribution in [0.1, 0.15) is 37.7 Å². The van der Waals surface area contributed by atoms with Crippen LogP contribution in [-0.2, 0) is 6.42 Å². The smallest absolute Gasteiger partial charge is 0.212 e. The van der Waals surface area contributed by atoms with E-state index in [-0.39, 0.29) is 5.38 Å². The van der Waals surface area contributed by atoms with Crippen LogP contribution in [0.3, 0.4) is 0 Å². The van der Waals surface area contributed by atoms with Crippen molar-refractivity contribution in [3.8, 4) is 0 Å². The van der Waals surface area contributed by atoms with Gasteiger partial charge in [0.2, 0.25) is 5.89 Å². The van der Waals surface area contributed by atoms with Crippen LogP contribution < -0.4 is 0 Å². The van der Waals surface area contributed by atoms with Crippen molar-refractivity contribution in [2.75, 3.05) is 0 Å². The van der Waals surface area contributed by atoms with Crippen molar-refractivity contribution in [1.29, 1.82) is 0 Å². The van der Waals surface area contributed by atoms with Gasteiger partial charge in [0.1, 0.15) is 11.6 Å². The molecule has 1 aromatic heterocycles. The first-order chi connectivity index (χ1) is 5.65. The van der Waals surface area contributed by atoms with Gasteiger partial charge >= 0.3 is 0 Å². The molecule has 1 rings (SSSR count). The third kappa shape index (κ3) is 2.01. The molecule has 68 valence electrons.